The fraction of sp³-hybridized carbons (Fsp3) is 0.452. The van der Waals surface area contributed by atoms with E-state index in [-0.39, 0.29) is 38.6 Å². The van der Waals surface area contributed by atoms with Crippen LogP contribution in [0.5, 0.6) is 0 Å². The maximum absolute atomic E-state index is 13.8. The first kappa shape index (κ1) is 35.0. The van der Waals surface area contributed by atoms with Crippen LogP contribution < -0.4 is 22.1 Å². The predicted molar refractivity (Wildman–Crippen MR) is 165 cm³/mol. The number of nitrogens with two attached hydrogens (primary N) is 2. The molecule has 0 saturated carbocycles. The van der Waals surface area contributed by atoms with E-state index in [0.717, 1.165) is 16.3 Å². The third kappa shape index (κ3) is 10.3. The van der Waals surface area contributed by atoms with Crippen LogP contribution in [0.3, 0.4) is 0 Å². The molecule has 0 aliphatic carbocycles. The molecule has 242 valence electrons. The van der Waals surface area contributed by atoms with Crippen molar-refractivity contribution in [2.75, 3.05) is 12.4 Å². The third-order valence-electron chi connectivity index (χ3n) is 7.77. The van der Waals surface area contributed by atoms with Crippen LogP contribution in [0.4, 0.5) is 0 Å². The van der Waals surface area contributed by atoms with Gasteiger partial charge in [-0.2, -0.15) is 0 Å². The summed E-state index contributed by atoms with van der Waals surface area (Å²) in [6.07, 6.45) is 0.175. The highest BCUT2D eigenvalue weighted by molar-refractivity contribution is 6.27. The van der Waals surface area contributed by atoms with E-state index in [1.165, 1.54) is 4.90 Å². The van der Waals surface area contributed by atoms with E-state index in [2.05, 4.69) is 10.6 Å². The van der Waals surface area contributed by atoms with Crippen LogP contribution in [0, 0.1) is 5.92 Å². The normalized spacial score (nSPS) is 16.6. The van der Waals surface area contributed by atoms with Crippen molar-refractivity contribution in [1.82, 2.24) is 15.5 Å². The van der Waals surface area contributed by atoms with Crippen molar-refractivity contribution in [3.05, 3.63) is 48.0 Å². The first-order valence-electron chi connectivity index (χ1n) is 14.7. The molecule has 2 aromatic carbocycles. The molecule has 13 nitrogen and oxygen atoms in total. The van der Waals surface area contributed by atoms with Crippen LogP contribution in [-0.2, 0) is 40.0 Å². The summed E-state index contributed by atoms with van der Waals surface area (Å²) in [6.45, 7) is 0.129. The van der Waals surface area contributed by atoms with Gasteiger partial charge in [0, 0.05) is 25.3 Å². The van der Waals surface area contributed by atoms with E-state index < -0.39 is 77.6 Å². The highest BCUT2D eigenvalue weighted by atomic mass is 35.5. The Hall–Kier alpha value is -4.52. The van der Waals surface area contributed by atoms with Crippen LogP contribution in [0.2, 0.25) is 0 Å². The first-order valence-corrected chi connectivity index (χ1v) is 15.2. The van der Waals surface area contributed by atoms with Crippen LogP contribution in [0.1, 0.15) is 50.5 Å². The van der Waals surface area contributed by atoms with Gasteiger partial charge in [-0.05, 0) is 48.4 Å². The number of primary amides is 2. The molecule has 1 aliphatic rings. The summed E-state index contributed by atoms with van der Waals surface area (Å²) in [4.78, 5) is 88.9. The monoisotopic (exact) mass is 643 g/mol. The number of carbonyl (C=O) groups excluding carboxylic acids is 6. The van der Waals surface area contributed by atoms with Gasteiger partial charge in [0.2, 0.25) is 29.5 Å². The Kier molecular flexibility index (Phi) is 12.8. The van der Waals surface area contributed by atoms with Crippen molar-refractivity contribution in [2.45, 2.75) is 69.5 Å². The topological polar surface area (TPSA) is 219 Å². The number of fused-ring (bicyclic) bond motifs is 1. The number of halogens is 1. The molecule has 5 amide bonds. The number of amides is 5. The molecule has 1 fully saturated rings. The smallest absolute Gasteiger partial charge is 0.305 e. The van der Waals surface area contributed by atoms with Gasteiger partial charge in [-0.15, -0.1) is 11.6 Å². The second-order valence-electron chi connectivity index (χ2n) is 11.1. The van der Waals surface area contributed by atoms with E-state index in [1.54, 1.807) is 0 Å². The number of benzene rings is 2. The first-order chi connectivity index (χ1) is 21.4. The van der Waals surface area contributed by atoms with Crippen molar-refractivity contribution in [3.8, 4) is 0 Å². The van der Waals surface area contributed by atoms with E-state index in [4.69, 9.17) is 23.1 Å². The lowest BCUT2D eigenvalue weighted by Crippen LogP contribution is -2.59. The zero-order valence-corrected chi connectivity index (χ0v) is 25.5. The largest absolute Gasteiger partial charge is 0.481 e. The Bertz CT molecular complexity index is 1450. The lowest BCUT2D eigenvalue weighted by molar-refractivity contribution is -0.148. The minimum atomic E-state index is -1.45. The number of nitrogens with one attached hydrogen (secondary N) is 2. The maximum atomic E-state index is 13.8. The average molecular weight is 644 g/mol. The number of carboxylic acid groups (broad SMARTS) is 1. The van der Waals surface area contributed by atoms with Gasteiger partial charge < -0.3 is 32.1 Å². The molecule has 0 unspecified atom stereocenters. The lowest BCUT2D eigenvalue weighted by Gasteiger charge is -2.37. The van der Waals surface area contributed by atoms with Gasteiger partial charge in [0.1, 0.15) is 18.0 Å². The van der Waals surface area contributed by atoms with E-state index in [0.29, 0.717) is 12.8 Å². The van der Waals surface area contributed by atoms with Gasteiger partial charge in [-0.25, -0.2) is 0 Å². The number of likely N-dealkylation sites (tertiary alicyclic amines) is 1. The summed E-state index contributed by atoms with van der Waals surface area (Å²) >= 11 is 5.55. The number of ketones is 1. The minimum absolute atomic E-state index is 0.0308. The molecule has 1 heterocycles. The second kappa shape index (κ2) is 16.5. The van der Waals surface area contributed by atoms with Crippen LogP contribution in [-0.4, -0.2) is 81.8 Å². The summed E-state index contributed by atoms with van der Waals surface area (Å²) in [5.41, 5.74) is 11.5. The molecule has 1 aliphatic heterocycles. The number of carboxylic acids is 1. The molecule has 3 rings (SSSR count). The number of hydrogen-bond acceptors (Lipinski definition) is 7. The Morgan fingerprint density at radius 3 is 2.29 bits per heavy atom. The number of Topliss-reactive ketones (excluding diaryl/α,β-unsaturated/α-hetero) is 1. The number of piperidine rings is 1. The summed E-state index contributed by atoms with van der Waals surface area (Å²) in [7, 11) is 0. The minimum Gasteiger partial charge on any atom is -0.481 e. The molecule has 0 spiro atoms. The number of alkyl halides is 1. The maximum Gasteiger partial charge on any atom is 0.305 e. The molecule has 2 aromatic rings. The molecule has 14 heteroatoms. The van der Waals surface area contributed by atoms with E-state index in [1.807, 2.05) is 42.5 Å². The van der Waals surface area contributed by atoms with E-state index in [9.17, 15) is 38.7 Å². The van der Waals surface area contributed by atoms with Gasteiger partial charge in [-0.1, -0.05) is 42.5 Å². The second-order valence-corrected chi connectivity index (χ2v) is 11.4. The third-order valence-corrected chi connectivity index (χ3v) is 8.01. The SMILES string of the molecule is NC(=O)CC[C@H](CC(=O)[C@H](Cc1ccc2ccccc2c1)NC(=O)[C@@H]1CCCCN1C(=O)[C@H](CC(=O)O)NC(=O)CCl)C(N)=O. The highest BCUT2D eigenvalue weighted by Crippen LogP contribution is 2.22. The molecular weight excluding hydrogens is 606 g/mol. The molecular formula is C31H38ClN5O8. The van der Waals surface area contributed by atoms with Crippen LogP contribution >= 0.6 is 11.6 Å². The van der Waals surface area contributed by atoms with Crippen molar-refractivity contribution >= 4 is 63.7 Å². The Morgan fingerprint density at radius 2 is 1.64 bits per heavy atom. The van der Waals surface area contributed by atoms with Gasteiger partial charge in [0.05, 0.1) is 12.5 Å². The van der Waals surface area contributed by atoms with Gasteiger partial charge in [-0.3, -0.25) is 33.6 Å². The quantitative estimate of drug-likeness (QED) is 0.164. The van der Waals surface area contributed by atoms with E-state index >= 15 is 0 Å². The molecule has 1 saturated heterocycles. The van der Waals surface area contributed by atoms with Crippen molar-refractivity contribution in [1.29, 1.82) is 0 Å². The summed E-state index contributed by atoms with van der Waals surface area (Å²) in [5, 5.41) is 16.3. The lowest BCUT2D eigenvalue weighted by atomic mass is 9.90. The summed E-state index contributed by atoms with van der Waals surface area (Å²) < 4.78 is 0. The highest BCUT2D eigenvalue weighted by Gasteiger charge is 2.38. The fourth-order valence-corrected chi connectivity index (χ4v) is 5.51. The van der Waals surface area contributed by atoms with Crippen molar-refractivity contribution < 1.29 is 38.7 Å². The average Bonchev–Trinajstić information content (AvgIpc) is 3.01. The van der Waals surface area contributed by atoms with Crippen molar-refractivity contribution in [2.24, 2.45) is 17.4 Å². The molecule has 0 bridgehead atoms. The number of carbonyl (C=O) groups is 7. The fourth-order valence-electron chi connectivity index (χ4n) is 5.44. The number of hydrogen-bond donors (Lipinski definition) is 5. The number of aliphatic carboxylic acids is 1. The Labute approximate surface area is 265 Å². The van der Waals surface area contributed by atoms with Gasteiger partial charge >= 0.3 is 5.97 Å². The number of nitrogens with zero attached hydrogens (tertiary/aromatic N) is 1. The summed E-state index contributed by atoms with van der Waals surface area (Å²) in [5.74, 6) is -6.89. The molecule has 45 heavy (non-hydrogen) atoms. The predicted octanol–water partition coefficient (Wildman–Crippen LogP) is 0.773. The Morgan fingerprint density at radius 1 is 0.933 bits per heavy atom. The zero-order chi connectivity index (χ0) is 33.1. The van der Waals surface area contributed by atoms with Crippen molar-refractivity contribution in [3.63, 3.8) is 0 Å². The number of rotatable bonds is 16. The summed E-state index contributed by atoms with van der Waals surface area (Å²) in [6, 6.07) is 9.56. The van der Waals surface area contributed by atoms with Crippen LogP contribution in [0.25, 0.3) is 10.8 Å². The van der Waals surface area contributed by atoms with Gasteiger partial charge in [0.25, 0.3) is 0 Å². The Balaban J connectivity index is 1.88. The standard InChI is InChI=1S/C31H38ClN5O8/c32-17-27(40)35-23(16-28(41)42)31(45)37-12-4-3-7-24(37)30(44)36-22(25(38)15-21(29(34)43)10-11-26(33)39)14-18-8-9-19-5-1-2-6-20(19)13-18/h1-2,5-6,8-9,13,21-24H,3-4,7,10-12,14-17H2,(H2,33,39)(H2,34,43)(H,35,40)(H,36,44)(H,41,42)/t21-,22+,23+,24+/m1/s1. The molecule has 0 aromatic heterocycles. The zero-order valence-electron chi connectivity index (χ0n) is 24.7. The molecule has 4 atom stereocenters. The van der Waals surface area contributed by atoms with Crippen LogP contribution in [0.15, 0.2) is 42.5 Å². The molecule has 0 radical (unpaired) electrons. The van der Waals surface area contributed by atoms with Gasteiger partial charge in [0.15, 0.2) is 5.78 Å². The molecule has 7 N–H and O–H groups in total.